The second-order valence-corrected chi connectivity index (χ2v) is 4.48. The normalized spacial score (nSPS) is 12.4. The van der Waals surface area contributed by atoms with Gasteiger partial charge in [-0.3, -0.25) is 4.79 Å². The maximum atomic E-state index is 12.2. The summed E-state index contributed by atoms with van der Waals surface area (Å²) < 4.78 is 0. The van der Waals surface area contributed by atoms with E-state index >= 15 is 0 Å². The predicted molar refractivity (Wildman–Crippen MR) is 68.8 cm³/mol. The van der Waals surface area contributed by atoms with Gasteiger partial charge >= 0.3 is 0 Å². The quantitative estimate of drug-likeness (QED) is 0.647. The highest BCUT2D eigenvalue weighted by atomic mass is 16.1. The van der Waals surface area contributed by atoms with E-state index in [1.807, 2.05) is 31.2 Å². The largest absolute Gasteiger partial charge is 0.294 e. The van der Waals surface area contributed by atoms with Crippen molar-refractivity contribution in [2.45, 2.75) is 46.5 Å². The molecule has 16 heavy (non-hydrogen) atoms. The van der Waals surface area contributed by atoms with Gasteiger partial charge in [-0.2, -0.15) is 0 Å². The van der Waals surface area contributed by atoms with Crippen LogP contribution in [0, 0.1) is 12.8 Å². The molecule has 88 valence electrons. The van der Waals surface area contributed by atoms with Gasteiger partial charge in [-0.15, -0.1) is 0 Å². The molecule has 0 saturated heterocycles. The minimum atomic E-state index is 0.211. The van der Waals surface area contributed by atoms with Gasteiger partial charge in [0, 0.05) is 11.5 Å². The van der Waals surface area contributed by atoms with Crippen molar-refractivity contribution in [2.24, 2.45) is 5.92 Å². The van der Waals surface area contributed by atoms with Crippen LogP contribution in [0.1, 0.15) is 55.5 Å². The lowest BCUT2D eigenvalue weighted by molar-refractivity contribution is 0.0908. The van der Waals surface area contributed by atoms with Gasteiger partial charge in [0.1, 0.15) is 0 Å². The molecule has 0 radical (unpaired) electrons. The van der Waals surface area contributed by atoms with Gasteiger partial charge in [0.2, 0.25) is 0 Å². The maximum absolute atomic E-state index is 12.2. The number of rotatable bonds is 6. The van der Waals surface area contributed by atoms with Crippen LogP contribution in [0.5, 0.6) is 0 Å². The van der Waals surface area contributed by atoms with Crippen molar-refractivity contribution < 1.29 is 4.79 Å². The standard InChI is InChI=1S/C15H22O/c1-4-6-7-13(5-2)15(16)14-10-8-12(3)9-11-14/h8-11,13H,4-7H2,1-3H3. The van der Waals surface area contributed by atoms with E-state index in [4.69, 9.17) is 0 Å². The van der Waals surface area contributed by atoms with Crippen molar-refractivity contribution in [3.8, 4) is 0 Å². The molecule has 1 heteroatoms. The second kappa shape index (κ2) is 6.47. The molecule has 0 heterocycles. The van der Waals surface area contributed by atoms with Crippen molar-refractivity contribution >= 4 is 5.78 Å². The van der Waals surface area contributed by atoms with Crippen LogP contribution in [0.3, 0.4) is 0 Å². The molecule has 0 bridgehead atoms. The molecule has 1 aromatic carbocycles. The molecule has 0 spiro atoms. The summed E-state index contributed by atoms with van der Waals surface area (Å²) in [5, 5.41) is 0. The number of aryl methyl sites for hydroxylation is 1. The van der Waals surface area contributed by atoms with Crippen LogP contribution in [0.15, 0.2) is 24.3 Å². The summed E-state index contributed by atoms with van der Waals surface area (Å²) in [6.45, 7) is 6.32. The Bertz CT molecular complexity index is 324. The summed E-state index contributed by atoms with van der Waals surface area (Å²) in [5.74, 6) is 0.526. The molecule has 1 atom stereocenters. The third-order valence-electron chi connectivity index (χ3n) is 3.11. The Morgan fingerprint density at radius 1 is 1.19 bits per heavy atom. The highest BCUT2D eigenvalue weighted by molar-refractivity contribution is 5.97. The first-order chi connectivity index (χ1) is 7.69. The fourth-order valence-electron chi connectivity index (χ4n) is 1.92. The molecular formula is C15H22O. The molecule has 0 amide bonds. The average molecular weight is 218 g/mol. The zero-order chi connectivity index (χ0) is 12.0. The predicted octanol–water partition coefficient (Wildman–Crippen LogP) is 4.39. The van der Waals surface area contributed by atoms with Crippen molar-refractivity contribution in [1.82, 2.24) is 0 Å². The van der Waals surface area contributed by atoms with Gasteiger partial charge in [0.15, 0.2) is 5.78 Å². The van der Waals surface area contributed by atoms with Crippen LogP contribution < -0.4 is 0 Å². The fraction of sp³-hybridized carbons (Fsp3) is 0.533. The molecule has 1 aromatic rings. The molecular weight excluding hydrogens is 196 g/mol. The lowest BCUT2D eigenvalue weighted by Gasteiger charge is -2.13. The van der Waals surface area contributed by atoms with Crippen molar-refractivity contribution in [3.05, 3.63) is 35.4 Å². The maximum Gasteiger partial charge on any atom is 0.165 e. The average Bonchev–Trinajstić information content (AvgIpc) is 2.30. The van der Waals surface area contributed by atoms with Gasteiger partial charge in [-0.1, -0.05) is 56.5 Å². The monoisotopic (exact) mass is 218 g/mol. The van der Waals surface area contributed by atoms with E-state index < -0.39 is 0 Å². The summed E-state index contributed by atoms with van der Waals surface area (Å²) in [6.07, 6.45) is 4.29. The van der Waals surface area contributed by atoms with Crippen LogP contribution in [0.2, 0.25) is 0 Å². The van der Waals surface area contributed by atoms with Gasteiger partial charge in [-0.25, -0.2) is 0 Å². The van der Waals surface area contributed by atoms with Gasteiger partial charge in [0.05, 0.1) is 0 Å². The minimum absolute atomic E-state index is 0.211. The van der Waals surface area contributed by atoms with E-state index in [1.165, 1.54) is 5.56 Å². The van der Waals surface area contributed by atoms with E-state index in [-0.39, 0.29) is 5.92 Å². The molecule has 0 fully saturated rings. The van der Waals surface area contributed by atoms with Crippen molar-refractivity contribution in [3.63, 3.8) is 0 Å². The first-order valence-electron chi connectivity index (χ1n) is 6.29. The summed E-state index contributed by atoms with van der Waals surface area (Å²) >= 11 is 0. The van der Waals surface area contributed by atoms with E-state index in [0.717, 1.165) is 31.2 Å². The number of hydrogen-bond donors (Lipinski definition) is 0. The molecule has 1 nitrogen and oxygen atoms in total. The van der Waals surface area contributed by atoms with E-state index in [9.17, 15) is 4.79 Å². The van der Waals surface area contributed by atoms with E-state index in [1.54, 1.807) is 0 Å². The Balaban J connectivity index is 2.70. The third-order valence-corrected chi connectivity index (χ3v) is 3.11. The van der Waals surface area contributed by atoms with E-state index in [2.05, 4.69) is 13.8 Å². The van der Waals surface area contributed by atoms with Gasteiger partial charge in [0.25, 0.3) is 0 Å². The summed E-state index contributed by atoms with van der Waals surface area (Å²) in [4.78, 5) is 12.2. The molecule has 0 aromatic heterocycles. The molecule has 0 saturated carbocycles. The smallest absolute Gasteiger partial charge is 0.165 e. The molecule has 0 aliphatic heterocycles. The number of unbranched alkanes of at least 4 members (excludes halogenated alkanes) is 1. The zero-order valence-electron chi connectivity index (χ0n) is 10.6. The van der Waals surface area contributed by atoms with Crippen molar-refractivity contribution in [1.29, 1.82) is 0 Å². The minimum Gasteiger partial charge on any atom is -0.294 e. The van der Waals surface area contributed by atoms with Gasteiger partial charge < -0.3 is 0 Å². The molecule has 0 N–H and O–H groups in total. The number of carbonyl (C=O) groups is 1. The van der Waals surface area contributed by atoms with Gasteiger partial charge in [-0.05, 0) is 19.8 Å². The lowest BCUT2D eigenvalue weighted by Crippen LogP contribution is -2.13. The Kier molecular flexibility index (Phi) is 5.24. The first kappa shape index (κ1) is 13.0. The van der Waals surface area contributed by atoms with Crippen LogP contribution in [-0.4, -0.2) is 5.78 Å². The van der Waals surface area contributed by atoms with Crippen molar-refractivity contribution in [2.75, 3.05) is 0 Å². The molecule has 0 aliphatic rings. The Hall–Kier alpha value is -1.11. The number of hydrogen-bond acceptors (Lipinski definition) is 1. The zero-order valence-corrected chi connectivity index (χ0v) is 10.6. The number of ketones is 1. The number of benzene rings is 1. The number of carbonyl (C=O) groups excluding carboxylic acids is 1. The Morgan fingerprint density at radius 2 is 1.81 bits per heavy atom. The SMILES string of the molecule is CCCCC(CC)C(=O)c1ccc(C)cc1. The molecule has 0 aliphatic carbocycles. The Morgan fingerprint density at radius 3 is 2.31 bits per heavy atom. The summed E-state index contributed by atoms with van der Waals surface area (Å²) in [5.41, 5.74) is 2.08. The lowest BCUT2D eigenvalue weighted by atomic mass is 9.90. The highest BCUT2D eigenvalue weighted by Crippen LogP contribution is 2.18. The molecule has 1 rings (SSSR count). The number of Topliss-reactive ketones (excluding diaryl/α,β-unsaturated/α-hetero) is 1. The van der Waals surface area contributed by atoms with Crippen LogP contribution in [0.4, 0.5) is 0 Å². The summed E-state index contributed by atoms with van der Waals surface area (Å²) in [7, 11) is 0. The topological polar surface area (TPSA) is 17.1 Å². The van der Waals surface area contributed by atoms with E-state index in [0.29, 0.717) is 5.78 Å². The van der Waals surface area contributed by atoms with Crippen LogP contribution in [0.25, 0.3) is 0 Å². The first-order valence-corrected chi connectivity index (χ1v) is 6.29. The van der Waals surface area contributed by atoms with Crippen LogP contribution in [-0.2, 0) is 0 Å². The Labute approximate surface area is 98.9 Å². The second-order valence-electron chi connectivity index (χ2n) is 4.48. The molecule has 1 unspecified atom stereocenters. The van der Waals surface area contributed by atoms with Crippen LogP contribution >= 0.6 is 0 Å². The fourth-order valence-corrected chi connectivity index (χ4v) is 1.92. The summed E-state index contributed by atoms with van der Waals surface area (Å²) in [6, 6.07) is 7.93. The highest BCUT2D eigenvalue weighted by Gasteiger charge is 2.17. The third kappa shape index (κ3) is 3.48.